The van der Waals surface area contributed by atoms with E-state index in [-0.39, 0.29) is 17.5 Å². The third-order valence-electron chi connectivity index (χ3n) is 3.12. The van der Waals surface area contributed by atoms with Gasteiger partial charge in [0.05, 0.1) is 11.4 Å². The van der Waals surface area contributed by atoms with Crippen molar-refractivity contribution >= 4 is 10.0 Å². The lowest BCUT2D eigenvalue weighted by Gasteiger charge is -2.11. The molecule has 2 heterocycles. The van der Waals surface area contributed by atoms with Gasteiger partial charge in [0, 0.05) is 36.9 Å². The van der Waals surface area contributed by atoms with Crippen molar-refractivity contribution in [3.8, 4) is 0 Å². The second-order valence-corrected chi connectivity index (χ2v) is 6.83. The van der Waals surface area contributed by atoms with Crippen molar-refractivity contribution in [2.24, 2.45) is 0 Å². The highest BCUT2D eigenvalue weighted by Crippen LogP contribution is 2.19. The van der Waals surface area contributed by atoms with Gasteiger partial charge >= 0.3 is 0 Å². The Morgan fingerprint density at radius 1 is 1.38 bits per heavy atom. The van der Waals surface area contributed by atoms with E-state index >= 15 is 0 Å². The summed E-state index contributed by atoms with van der Waals surface area (Å²) in [6, 6.07) is 1.89. The van der Waals surface area contributed by atoms with Crippen molar-refractivity contribution in [1.82, 2.24) is 24.6 Å². The van der Waals surface area contributed by atoms with Gasteiger partial charge in [0.1, 0.15) is 5.82 Å². The van der Waals surface area contributed by atoms with Crippen molar-refractivity contribution in [3.05, 3.63) is 36.2 Å². The zero-order chi connectivity index (χ0) is 15.5. The smallest absolute Gasteiger partial charge is 0.242 e. The molecule has 3 N–H and O–H groups in total. The molecule has 0 aromatic carbocycles. The molecule has 8 heteroatoms. The van der Waals surface area contributed by atoms with Crippen LogP contribution in [0.4, 0.5) is 0 Å². The van der Waals surface area contributed by atoms with Crippen molar-refractivity contribution in [3.63, 3.8) is 0 Å². The van der Waals surface area contributed by atoms with Crippen LogP contribution in [0.2, 0.25) is 0 Å². The fourth-order valence-electron chi connectivity index (χ4n) is 2.09. The third kappa shape index (κ3) is 3.72. The number of aromatic nitrogens is 3. The molecule has 0 aliphatic carbocycles. The summed E-state index contributed by atoms with van der Waals surface area (Å²) >= 11 is 0. The molecule has 0 aliphatic rings. The maximum Gasteiger partial charge on any atom is 0.242 e. The summed E-state index contributed by atoms with van der Waals surface area (Å²) in [6.45, 7) is 4.80. The van der Waals surface area contributed by atoms with Gasteiger partial charge in [-0.3, -0.25) is 0 Å². The fourth-order valence-corrected chi connectivity index (χ4v) is 3.13. The Kier molecular flexibility index (Phi) is 4.81. The summed E-state index contributed by atoms with van der Waals surface area (Å²) in [5, 5.41) is 3.05. The van der Waals surface area contributed by atoms with Gasteiger partial charge in [-0.1, -0.05) is 0 Å². The minimum absolute atomic E-state index is 0.142. The highest BCUT2D eigenvalue weighted by Gasteiger charge is 2.19. The van der Waals surface area contributed by atoms with Crippen LogP contribution in [0, 0.1) is 0 Å². The number of aromatic amines is 1. The molecule has 0 atom stereocenters. The molecule has 7 nitrogen and oxygen atoms in total. The SMILES string of the molecule is CNCc1cc(S(=O)(=O)NCc2ncc[nH]2)cn1C(C)C. The van der Waals surface area contributed by atoms with Crippen LogP contribution in [0.5, 0.6) is 0 Å². The van der Waals surface area contributed by atoms with Gasteiger partial charge in [0.2, 0.25) is 10.0 Å². The van der Waals surface area contributed by atoms with Gasteiger partial charge < -0.3 is 14.9 Å². The zero-order valence-electron chi connectivity index (χ0n) is 12.4. The Balaban J connectivity index is 2.21. The van der Waals surface area contributed by atoms with Crippen LogP contribution < -0.4 is 10.0 Å². The van der Waals surface area contributed by atoms with Crippen molar-refractivity contribution < 1.29 is 8.42 Å². The lowest BCUT2D eigenvalue weighted by atomic mass is 10.3. The van der Waals surface area contributed by atoms with Crippen molar-refractivity contribution in [2.45, 2.75) is 37.9 Å². The first-order valence-electron chi connectivity index (χ1n) is 6.77. The number of rotatable bonds is 7. The van der Waals surface area contributed by atoms with Gasteiger partial charge in [-0.25, -0.2) is 18.1 Å². The van der Waals surface area contributed by atoms with Crippen molar-refractivity contribution in [2.75, 3.05) is 7.05 Å². The van der Waals surface area contributed by atoms with E-state index in [1.54, 1.807) is 24.7 Å². The van der Waals surface area contributed by atoms with E-state index in [4.69, 9.17) is 0 Å². The molecule has 0 bridgehead atoms. The van der Waals surface area contributed by atoms with E-state index in [0.29, 0.717) is 12.4 Å². The summed E-state index contributed by atoms with van der Waals surface area (Å²) < 4.78 is 29.2. The number of hydrogen-bond donors (Lipinski definition) is 3. The summed E-state index contributed by atoms with van der Waals surface area (Å²) in [5.41, 5.74) is 0.936. The average molecular weight is 311 g/mol. The highest BCUT2D eigenvalue weighted by molar-refractivity contribution is 7.89. The maximum absolute atomic E-state index is 12.3. The quantitative estimate of drug-likeness (QED) is 0.711. The Morgan fingerprint density at radius 2 is 2.14 bits per heavy atom. The highest BCUT2D eigenvalue weighted by atomic mass is 32.2. The first kappa shape index (κ1) is 15.7. The van der Waals surface area contributed by atoms with E-state index in [2.05, 4.69) is 20.0 Å². The second-order valence-electron chi connectivity index (χ2n) is 5.06. The Labute approximate surface area is 124 Å². The van der Waals surface area contributed by atoms with Gasteiger partial charge in [0.25, 0.3) is 0 Å². The van der Waals surface area contributed by atoms with Gasteiger partial charge in [-0.2, -0.15) is 0 Å². The average Bonchev–Trinajstić information content (AvgIpc) is 3.06. The topological polar surface area (TPSA) is 91.8 Å². The number of H-pyrrole nitrogens is 1. The van der Waals surface area contributed by atoms with Gasteiger partial charge in [-0.05, 0) is 27.0 Å². The van der Waals surface area contributed by atoms with Crippen LogP contribution in [0.3, 0.4) is 0 Å². The number of hydrogen-bond acceptors (Lipinski definition) is 4. The number of nitrogens with zero attached hydrogens (tertiary/aromatic N) is 2. The second kappa shape index (κ2) is 6.42. The third-order valence-corrected chi connectivity index (χ3v) is 4.48. The van der Waals surface area contributed by atoms with Crippen LogP contribution in [0.25, 0.3) is 0 Å². The molecule has 0 unspecified atom stereocenters. The molecule has 0 radical (unpaired) electrons. The Bertz CT molecular complexity index is 673. The Morgan fingerprint density at radius 3 is 2.71 bits per heavy atom. The molecule has 2 aromatic heterocycles. The molecule has 0 saturated heterocycles. The van der Waals surface area contributed by atoms with Gasteiger partial charge in [-0.15, -0.1) is 0 Å². The van der Waals surface area contributed by atoms with Gasteiger partial charge in [0.15, 0.2) is 0 Å². The molecule has 0 fully saturated rings. The molecule has 0 saturated carbocycles. The lowest BCUT2D eigenvalue weighted by molar-refractivity contribution is 0.560. The van der Waals surface area contributed by atoms with E-state index < -0.39 is 10.0 Å². The largest absolute Gasteiger partial charge is 0.347 e. The van der Waals surface area contributed by atoms with Crippen LogP contribution in [0.15, 0.2) is 29.6 Å². The fraction of sp³-hybridized carbons (Fsp3) is 0.462. The summed E-state index contributed by atoms with van der Waals surface area (Å²) in [4.78, 5) is 7.13. The number of sulfonamides is 1. The van der Waals surface area contributed by atoms with E-state index in [9.17, 15) is 8.42 Å². The minimum atomic E-state index is -3.55. The first-order valence-corrected chi connectivity index (χ1v) is 8.25. The number of imidazole rings is 1. The molecule has 2 aromatic rings. The molecular weight excluding hydrogens is 290 g/mol. The first-order chi connectivity index (χ1) is 9.94. The monoisotopic (exact) mass is 311 g/mol. The molecule has 0 spiro atoms. The molecule has 0 aliphatic heterocycles. The summed E-state index contributed by atoms with van der Waals surface area (Å²) in [5.74, 6) is 0.581. The minimum Gasteiger partial charge on any atom is -0.347 e. The Hall–Kier alpha value is -1.64. The van der Waals surface area contributed by atoms with Crippen LogP contribution >= 0.6 is 0 Å². The predicted molar refractivity (Wildman–Crippen MR) is 80.2 cm³/mol. The van der Waals surface area contributed by atoms with E-state index in [1.165, 1.54) is 0 Å². The zero-order valence-corrected chi connectivity index (χ0v) is 13.2. The standard InChI is InChI=1S/C13H21N5O2S/c1-10(2)18-9-12(6-11(18)7-14-3)21(19,20)17-8-13-15-4-5-16-13/h4-6,9-10,14,17H,7-8H2,1-3H3,(H,15,16). The lowest BCUT2D eigenvalue weighted by Crippen LogP contribution is -2.23. The predicted octanol–water partition coefficient (Wildman–Crippen LogP) is 0.990. The molecule has 21 heavy (non-hydrogen) atoms. The van der Waals surface area contributed by atoms with Crippen LogP contribution in [-0.4, -0.2) is 30.0 Å². The van der Waals surface area contributed by atoms with E-state index in [0.717, 1.165) is 5.69 Å². The summed E-state index contributed by atoms with van der Waals surface area (Å²) in [6.07, 6.45) is 4.91. The molecule has 0 amide bonds. The van der Waals surface area contributed by atoms with Crippen molar-refractivity contribution in [1.29, 1.82) is 0 Å². The van der Waals surface area contributed by atoms with Crippen LogP contribution in [-0.2, 0) is 23.1 Å². The summed E-state index contributed by atoms with van der Waals surface area (Å²) in [7, 11) is -1.71. The molecule has 2 rings (SSSR count). The molecule has 116 valence electrons. The number of nitrogens with one attached hydrogen (secondary N) is 3. The van der Waals surface area contributed by atoms with E-state index in [1.807, 2.05) is 25.5 Å². The maximum atomic E-state index is 12.3. The normalized spacial score (nSPS) is 12.2. The molecular formula is C13H21N5O2S. The van der Waals surface area contributed by atoms with Crippen LogP contribution in [0.1, 0.15) is 31.4 Å².